The molecule has 0 saturated carbocycles. The zero-order valence-electron chi connectivity index (χ0n) is 13.2. The van der Waals surface area contributed by atoms with E-state index in [0.29, 0.717) is 24.6 Å². The highest BCUT2D eigenvalue weighted by atomic mass is 79.9. The minimum atomic E-state index is 0.571. The van der Waals surface area contributed by atoms with Crippen molar-refractivity contribution in [1.82, 2.24) is 15.3 Å². The number of benzene rings is 1. The zero-order chi connectivity index (χ0) is 16.2. The van der Waals surface area contributed by atoms with E-state index in [1.165, 1.54) is 0 Å². The number of halogens is 1. The second kappa shape index (κ2) is 7.08. The molecule has 0 atom stereocenters. The molecule has 0 spiro atoms. The van der Waals surface area contributed by atoms with Crippen LogP contribution in [0.5, 0.6) is 0 Å². The minimum absolute atomic E-state index is 0.571. The average Bonchev–Trinajstić information content (AvgIpc) is 3.14. The van der Waals surface area contributed by atoms with Crippen molar-refractivity contribution in [2.45, 2.75) is 39.5 Å². The molecule has 0 bridgehead atoms. The predicted octanol–water partition coefficient (Wildman–Crippen LogP) is 4.13. The summed E-state index contributed by atoms with van der Waals surface area (Å²) in [7, 11) is 0. The van der Waals surface area contributed by atoms with Gasteiger partial charge in [0.05, 0.1) is 12.1 Å². The number of hydrogen-bond donors (Lipinski definition) is 0. The van der Waals surface area contributed by atoms with E-state index in [-0.39, 0.29) is 0 Å². The quantitative estimate of drug-likeness (QED) is 0.647. The Bertz CT molecular complexity index is 773. The highest BCUT2D eigenvalue weighted by molar-refractivity contribution is 9.10. The maximum absolute atomic E-state index is 5.40. The number of aromatic nitrogens is 3. The molecule has 0 aliphatic rings. The van der Waals surface area contributed by atoms with Gasteiger partial charge in [0.2, 0.25) is 5.89 Å². The summed E-state index contributed by atoms with van der Waals surface area (Å²) in [5.41, 5.74) is 3.18. The van der Waals surface area contributed by atoms with Crippen molar-refractivity contribution in [3.8, 4) is 0 Å². The fourth-order valence-electron chi connectivity index (χ4n) is 2.55. The van der Waals surface area contributed by atoms with E-state index in [9.17, 15) is 0 Å². The van der Waals surface area contributed by atoms with Crippen molar-refractivity contribution in [2.24, 2.45) is 0 Å². The molecule has 2 aromatic heterocycles. The van der Waals surface area contributed by atoms with E-state index in [1.807, 2.05) is 18.2 Å². The standard InChI is InChI=1S/C17H18BrN3O2/c1-3-14-13(15(4-2)22-20-14)10-17-19-16(21-23-17)9-11-6-5-7-12(18)8-11/h5-8H,3-4,9-10H2,1-2H3. The lowest BCUT2D eigenvalue weighted by Gasteiger charge is -1.98. The first-order valence-electron chi connectivity index (χ1n) is 7.71. The Kier molecular flexibility index (Phi) is 4.91. The second-order valence-corrected chi connectivity index (χ2v) is 6.24. The molecule has 23 heavy (non-hydrogen) atoms. The van der Waals surface area contributed by atoms with Crippen LogP contribution in [0.3, 0.4) is 0 Å². The summed E-state index contributed by atoms with van der Waals surface area (Å²) in [6, 6.07) is 8.10. The third-order valence-corrected chi connectivity index (χ3v) is 4.19. The molecule has 0 unspecified atom stereocenters. The van der Waals surface area contributed by atoms with Crippen molar-refractivity contribution < 1.29 is 9.05 Å². The van der Waals surface area contributed by atoms with Crippen LogP contribution in [-0.2, 0) is 25.7 Å². The molecule has 2 heterocycles. The summed E-state index contributed by atoms with van der Waals surface area (Å²) < 4.78 is 11.8. The zero-order valence-corrected chi connectivity index (χ0v) is 14.8. The summed E-state index contributed by atoms with van der Waals surface area (Å²) in [4.78, 5) is 4.50. The third-order valence-electron chi connectivity index (χ3n) is 3.70. The lowest BCUT2D eigenvalue weighted by molar-refractivity contribution is 0.373. The molecule has 0 aliphatic carbocycles. The van der Waals surface area contributed by atoms with Crippen LogP contribution in [0.2, 0.25) is 0 Å². The molecule has 120 valence electrons. The number of hydrogen-bond acceptors (Lipinski definition) is 5. The summed E-state index contributed by atoms with van der Waals surface area (Å²) in [5.74, 6) is 2.18. The van der Waals surface area contributed by atoms with Crippen LogP contribution in [0, 0.1) is 0 Å². The Hall–Kier alpha value is -1.95. The van der Waals surface area contributed by atoms with Crippen LogP contribution in [-0.4, -0.2) is 15.3 Å². The first-order valence-corrected chi connectivity index (χ1v) is 8.51. The first-order chi connectivity index (χ1) is 11.2. The first kappa shape index (κ1) is 15.9. The monoisotopic (exact) mass is 375 g/mol. The van der Waals surface area contributed by atoms with E-state index in [2.05, 4.69) is 51.1 Å². The molecular weight excluding hydrogens is 358 g/mol. The summed E-state index contributed by atoms with van der Waals surface area (Å²) in [6.07, 6.45) is 2.86. The second-order valence-electron chi connectivity index (χ2n) is 5.33. The van der Waals surface area contributed by atoms with E-state index in [0.717, 1.165) is 39.9 Å². The highest BCUT2D eigenvalue weighted by Crippen LogP contribution is 2.20. The lowest BCUT2D eigenvalue weighted by atomic mass is 10.1. The van der Waals surface area contributed by atoms with Crippen molar-refractivity contribution in [3.63, 3.8) is 0 Å². The molecule has 0 saturated heterocycles. The van der Waals surface area contributed by atoms with Gasteiger partial charge in [0.25, 0.3) is 0 Å². The van der Waals surface area contributed by atoms with Gasteiger partial charge in [-0.3, -0.25) is 0 Å². The van der Waals surface area contributed by atoms with Gasteiger partial charge in [-0.1, -0.05) is 52.2 Å². The van der Waals surface area contributed by atoms with Crippen LogP contribution < -0.4 is 0 Å². The molecule has 0 aliphatic heterocycles. The molecule has 5 nitrogen and oxygen atoms in total. The largest absolute Gasteiger partial charge is 0.361 e. The summed E-state index contributed by atoms with van der Waals surface area (Å²) in [6.45, 7) is 4.11. The van der Waals surface area contributed by atoms with Crippen molar-refractivity contribution in [2.75, 3.05) is 0 Å². The van der Waals surface area contributed by atoms with E-state index in [4.69, 9.17) is 9.05 Å². The van der Waals surface area contributed by atoms with Gasteiger partial charge in [-0.2, -0.15) is 4.98 Å². The van der Waals surface area contributed by atoms with Gasteiger partial charge in [-0.25, -0.2) is 0 Å². The molecule has 6 heteroatoms. The van der Waals surface area contributed by atoms with Crippen molar-refractivity contribution in [1.29, 1.82) is 0 Å². The fourth-order valence-corrected chi connectivity index (χ4v) is 3.00. The van der Waals surface area contributed by atoms with E-state index >= 15 is 0 Å². The molecule has 3 rings (SSSR count). The highest BCUT2D eigenvalue weighted by Gasteiger charge is 2.17. The van der Waals surface area contributed by atoms with Crippen molar-refractivity contribution in [3.05, 3.63) is 63.0 Å². The van der Waals surface area contributed by atoms with Crippen LogP contribution in [0.15, 0.2) is 37.8 Å². The predicted molar refractivity (Wildman–Crippen MR) is 89.3 cm³/mol. The fraction of sp³-hybridized carbons (Fsp3) is 0.353. The van der Waals surface area contributed by atoms with Gasteiger partial charge in [0.1, 0.15) is 5.76 Å². The molecule has 0 N–H and O–H groups in total. The lowest BCUT2D eigenvalue weighted by Crippen LogP contribution is -1.97. The van der Waals surface area contributed by atoms with Gasteiger partial charge < -0.3 is 9.05 Å². The van der Waals surface area contributed by atoms with Gasteiger partial charge >= 0.3 is 0 Å². The minimum Gasteiger partial charge on any atom is -0.361 e. The van der Waals surface area contributed by atoms with Gasteiger partial charge in [-0.15, -0.1) is 0 Å². The Labute approximate surface area is 143 Å². The Balaban J connectivity index is 1.76. The smallest absolute Gasteiger partial charge is 0.231 e. The number of nitrogens with zero attached hydrogens (tertiary/aromatic N) is 3. The molecule has 3 aromatic rings. The van der Waals surface area contributed by atoms with Gasteiger partial charge in [0.15, 0.2) is 5.82 Å². The summed E-state index contributed by atoms with van der Waals surface area (Å²) >= 11 is 3.47. The maximum atomic E-state index is 5.40. The SMILES string of the molecule is CCc1noc(CC)c1Cc1nc(Cc2cccc(Br)c2)no1. The molecule has 0 fully saturated rings. The summed E-state index contributed by atoms with van der Waals surface area (Å²) in [5, 5.41) is 8.20. The average molecular weight is 376 g/mol. The Morgan fingerprint density at radius 3 is 2.65 bits per heavy atom. The third kappa shape index (κ3) is 3.69. The van der Waals surface area contributed by atoms with Crippen LogP contribution in [0.1, 0.15) is 48.1 Å². The molecule has 0 amide bonds. The Morgan fingerprint density at radius 1 is 1.04 bits per heavy atom. The molecular formula is C17H18BrN3O2. The van der Waals surface area contributed by atoms with Crippen LogP contribution in [0.25, 0.3) is 0 Å². The number of rotatable bonds is 6. The van der Waals surface area contributed by atoms with E-state index in [1.54, 1.807) is 0 Å². The Morgan fingerprint density at radius 2 is 1.91 bits per heavy atom. The maximum Gasteiger partial charge on any atom is 0.231 e. The van der Waals surface area contributed by atoms with Crippen molar-refractivity contribution >= 4 is 15.9 Å². The number of aryl methyl sites for hydroxylation is 2. The van der Waals surface area contributed by atoms with Crippen LogP contribution in [0.4, 0.5) is 0 Å². The molecule has 1 aromatic carbocycles. The molecule has 0 radical (unpaired) electrons. The van der Waals surface area contributed by atoms with Gasteiger partial charge in [0, 0.05) is 22.9 Å². The normalized spacial score (nSPS) is 11.1. The van der Waals surface area contributed by atoms with E-state index < -0.39 is 0 Å². The topological polar surface area (TPSA) is 65.0 Å². The van der Waals surface area contributed by atoms with Crippen LogP contribution >= 0.6 is 15.9 Å². The van der Waals surface area contributed by atoms with Gasteiger partial charge in [-0.05, 0) is 24.1 Å².